The molecule has 0 fully saturated rings. The Morgan fingerprint density at radius 3 is 2.37 bits per heavy atom. The van der Waals surface area contributed by atoms with Crippen molar-refractivity contribution in [2.45, 2.75) is 13.1 Å². The quantitative estimate of drug-likeness (QED) is 0.525. The van der Waals surface area contributed by atoms with Gasteiger partial charge in [0.2, 0.25) is 0 Å². The summed E-state index contributed by atoms with van der Waals surface area (Å²) in [4.78, 5) is 18.9. The van der Waals surface area contributed by atoms with Gasteiger partial charge in [-0.05, 0) is 69.5 Å². The predicted octanol–water partition coefficient (Wildman–Crippen LogP) is 5.70. The van der Waals surface area contributed by atoms with Crippen LogP contribution in [0.25, 0.3) is 0 Å². The van der Waals surface area contributed by atoms with Crippen LogP contribution in [0.5, 0.6) is 5.75 Å². The number of hydrogen-bond donors (Lipinski definition) is 1. The summed E-state index contributed by atoms with van der Waals surface area (Å²) >= 11 is 15.4. The minimum Gasteiger partial charge on any atom is -0.507 e. The Morgan fingerprint density at radius 2 is 1.74 bits per heavy atom. The van der Waals surface area contributed by atoms with Crippen LogP contribution in [0, 0.1) is 0 Å². The van der Waals surface area contributed by atoms with Gasteiger partial charge < -0.3 is 10.0 Å². The Labute approximate surface area is 175 Å². The van der Waals surface area contributed by atoms with Crippen LogP contribution in [0.15, 0.2) is 65.4 Å². The Kier molecular flexibility index (Phi) is 6.37. The van der Waals surface area contributed by atoms with E-state index in [9.17, 15) is 9.90 Å². The van der Waals surface area contributed by atoms with E-state index in [2.05, 4.69) is 20.9 Å². The molecule has 3 aromatic rings. The van der Waals surface area contributed by atoms with Crippen LogP contribution in [0.3, 0.4) is 0 Å². The Balaban J connectivity index is 1.93. The summed E-state index contributed by atoms with van der Waals surface area (Å²) in [5.74, 6) is -0.109. The Morgan fingerprint density at radius 1 is 1.04 bits per heavy atom. The minimum atomic E-state index is -0.185. The first-order chi connectivity index (χ1) is 12.9. The van der Waals surface area contributed by atoms with E-state index in [0.29, 0.717) is 33.2 Å². The van der Waals surface area contributed by atoms with Crippen molar-refractivity contribution >= 4 is 45.0 Å². The second-order valence-corrected chi connectivity index (χ2v) is 7.69. The lowest BCUT2D eigenvalue weighted by molar-refractivity contribution is 0.0730. The lowest BCUT2D eigenvalue weighted by Crippen LogP contribution is -2.30. The molecular weight excluding hydrogens is 451 g/mol. The van der Waals surface area contributed by atoms with Gasteiger partial charge in [0.25, 0.3) is 5.91 Å². The van der Waals surface area contributed by atoms with E-state index < -0.39 is 0 Å². The molecule has 1 amide bonds. The fourth-order valence-electron chi connectivity index (χ4n) is 2.66. The average molecular weight is 466 g/mol. The van der Waals surface area contributed by atoms with Gasteiger partial charge >= 0.3 is 0 Å². The van der Waals surface area contributed by atoms with Crippen LogP contribution in [0.2, 0.25) is 10.0 Å². The normalized spacial score (nSPS) is 10.6. The van der Waals surface area contributed by atoms with Gasteiger partial charge in [-0.25, -0.2) is 0 Å². The Hall–Kier alpha value is -2.08. The molecule has 0 aliphatic carbocycles. The zero-order valence-electron chi connectivity index (χ0n) is 14.1. The molecule has 0 saturated carbocycles. The maximum atomic E-state index is 13.1. The van der Waals surface area contributed by atoms with Crippen LogP contribution >= 0.6 is 39.1 Å². The number of pyridine rings is 1. The second kappa shape index (κ2) is 8.74. The first-order valence-electron chi connectivity index (χ1n) is 8.04. The maximum Gasteiger partial charge on any atom is 0.254 e. The number of amides is 1. The van der Waals surface area contributed by atoms with E-state index in [1.807, 2.05) is 12.1 Å². The van der Waals surface area contributed by atoms with Gasteiger partial charge in [0.1, 0.15) is 5.75 Å². The highest BCUT2D eigenvalue weighted by Gasteiger charge is 2.18. The Bertz CT molecular complexity index is 947. The van der Waals surface area contributed by atoms with E-state index in [4.69, 9.17) is 23.2 Å². The van der Waals surface area contributed by atoms with Crippen LogP contribution in [0.1, 0.15) is 21.5 Å². The monoisotopic (exact) mass is 464 g/mol. The molecule has 4 nitrogen and oxygen atoms in total. The number of nitrogens with zero attached hydrogens (tertiary/aromatic N) is 2. The number of rotatable bonds is 5. The average Bonchev–Trinajstić information content (AvgIpc) is 2.63. The molecule has 3 rings (SSSR count). The van der Waals surface area contributed by atoms with Crippen molar-refractivity contribution in [3.8, 4) is 5.75 Å². The third-order valence-electron chi connectivity index (χ3n) is 3.87. The number of phenols is 1. The molecule has 2 aromatic carbocycles. The second-order valence-electron chi connectivity index (χ2n) is 5.97. The lowest BCUT2D eigenvalue weighted by atomic mass is 10.1. The summed E-state index contributed by atoms with van der Waals surface area (Å²) in [6.45, 7) is 0.696. The molecule has 0 atom stereocenters. The SMILES string of the molecule is O=C(c1ccc(O)c(Br)c1)N(Cc1cccnc1)Cc1cc(Cl)cc(Cl)c1. The molecule has 1 heterocycles. The van der Waals surface area contributed by atoms with Crippen molar-refractivity contribution in [1.29, 1.82) is 0 Å². The highest BCUT2D eigenvalue weighted by atomic mass is 79.9. The van der Waals surface area contributed by atoms with Gasteiger partial charge in [-0.1, -0.05) is 29.3 Å². The van der Waals surface area contributed by atoms with E-state index >= 15 is 0 Å². The number of aromatic nitrogens is 1. The highest BCUT2D eigenvalue weighted by molar-refractivity contribution is 9.10. The van der Waals surface area contributed by atoms with E-state index in [1.165, 1.54) is 6.07 Å². The largest absolute Gasteiger partial charge is 0.507 e. The first kappa shape index (κ1) is 19.7. The molecule has 1 aromatic heterocycles. The molecule has 0 unspecified atom stereocenters. The number of halogens is 3. The smallest absolute Gasteiger partial charge is 0.254 e. The summed E-state index contributed by atoms with van der Waals surface area (Å²) in [5.41, 5.74) is 2.18. The van der Waals surface area contributed by atoms with E-state index in [-0.39, 0.29) is 11.7 Å². The van der Waals surface area contributed by atoms with Crippen molar-refractivity contribution in [2.24, 2.45) is 0 Å². The minimum absolute atomic E-state index is 0.0759. The van der Waals surface area contributed by atoms with Gasteiger partial charge in [0.15, 0.2) is 0 Å². The van der Waals surface area contributed by atoms with E-state index in [1.54, 1.807) is 47.6 Å². The van der Waals surface area contributed by atoms with Crippen LogP contribution in [0.4, 0.5) is 0 Å². The number of carbonyl (C=O) groups excluding carboxylic acids is 1. The number of carbonyl (C=O) groups is 1. The molecule has 0 bridgehead atoms. The zero-order chi connectivity index (χ0) is 19.4. The number of aromatic hydroxyl groups is 1. The molecule has 0 aliphatic rings. The molecule has 27 heavy (non-hydrogen) atoms. The van der Waals surface area contributed by atoms with Crippen molar-refractivity contribution in [2.75, 3.05) is 0 Å². The van der Waals surface area contributed by atoms with Gasteiger partial charge in [-0.15, -0.1) is 0 Å². The summed E-state index contributed by atoms with van der Waals surface area (Å²) in [7, 11) is 0. The van der Waals surface area contributed by atoms with Gasteiger partial charge in [0.05, 0.1) is 4.47 Å². The molecule has 138 valence electrons. The van der Waals surface area contributed by atoms with Crippen LogP contribution in [-0.4, -0.2) is 20.9 Å². The molecule has 0 spiro atoms. The standard InChI is InChI=1S/C20H15BrCl2N2O2/c21-18-8-15(3-4-19(18)26)20(27)25(11-13-2-1-5-24-10-13)12-14-6-16(22)9-17(23)7-14/h1-10,26H,11-12H2. The molecule has 7 heteroatoms. The third kappa shape index (κ3) is 5.22. The van der Waals surface area contributed by atoms with Crippen molar-refractivity contribution in [3.63, 3.8) is 0 Å². The number of benzene rings is 2. The molecule has 0 radical (unpaired) electrons. The first-order valence-corrected chi connectivity index (χ1v) is 9.59. The van der Waals surface area contributed by atoms with Gasteiger partial charge in [-0.2, -0.15) is 0 Å². The summed E-state index contributed by atoms with van der Waals surface area (Å²) in [6.07, 6.45) is 3.40. The molecule has 0 aliphatic heterocycles. The topological polar surface area (TPSA) is 53.4 Å². The highest BCUT2D eigenvalue weighted by Crippen LogP contribution is 2.26. The summed E-state index contributed by atoms with van der Waals surface area (Å²) in [6, 6.07) is 13.6. The summed E-state index contributed by atoms with van der Waals surface area (Å²) in [5, 5.41) is 10.7. The third-order valence-corrected chi connectivity index (χ3v) is 4.95. The number of hydrogen-bond acceptors (Lipinski definition) is 3. The predicted molar refractivity (Wildman–Crippen MR) is 110 cm³/mol. The fraction of sp³-hybridized carbons (Fsp3) is 0.100. The maximum absolute atomic E-state index is 13.1. The van der Waals surface area contributed by atoms with Crippen LogP contribution < -0.4 is 0 Å². The van der Waals surface area contributed by atoms with Crippen molar-refractivity contribution in [3.05, 3.63) is 92.1 Å². The van der Waals surface area contributed by atoms with Crippen molar-refractivity contribution in [1.82, 2.24) is 9.88 Å². The van der Waals surface area contributed by atoms with Gasteiger partial charge in [-0.3, -0.25) is 9.78 Å². The van der Waals surface area contributed by atoms with Crippen LogP contribution in [-0.2, 0) is 13.1 Å². The van der Waals surface area contributed by atoms with Gasteiger partial charge in [0, 0.05) is 41.1 Å². The fourth-order valence-corrected chi connectivity index (χ4v) is 3.61. The lowest BCUT2D eigenvalue weighted by Gasteiger charge is -2.23. The zero-order valence-corrected chi connectivity index (χ0v) is 17.2. The van der Waals surface area contributed by atoms with E-state index in [0.717, 1.165) is 11.1 Å². The molecule has 0 saturated heterocycles. The summed E-state index contributed by atoms with van der Waals surface area (Å²) < 4.78 is 0.459. The van der Waals surface area contributed by atoms with Crippen molar-refractivity contribution < 1.29 is 9.90 Å². The number of phenolic OH excluding ortho intramolecular Hbond substituents is 1. The molecule has 1 N–H and O–H groups in total. The molecular formula is C20H15BrCl2N2O2.